The molecule has 1 aliphatic carbocycles. The summed E-state index contributed by atoms with van der Waals surface area (Å²) in [6.45, 7) is 0. The number of thiol groups is 1. The molecule has 1 saturated carbocycles. The third kappa shape index (κ3) is 1.57. The zero-order valence-corrected chi connectivity index (χ0v) is 7.57. The van der Waals surface area contributed by atoms with Crippen molar-refractivity contribution >= 4 is 33.9 Å². The van der Waals surface area contributed by atoms with Gasteiger partial charge in [-0.15, -0.1) is 23.2 Å². The van der Waals surface area contributed by atoms with Crippen molar-refractivity contribution in [1.29, 1.82) is 0 Å². The summed E-state index contributed by atoms with van der Waals surface area (Å²) in [7, 11) is -2.44. The van der Waals surface area contributed by atoms with Gasteiger partial charge in [0.1, 0.15) is 10.7 Å². The highest BCUT2D eigenvalue weighted by molar-refractivity contribution is 7.73. The monoisotopic (exact) mass is 202 g/mol. The van der Waals surface area contributed by atoms with Crippen LogP contribution in [-0.4, -0.2) is 24.4 Å². The Morgan fingerprint density at radius 1 is 1.10 bits per heavy atom. The van der Waals surface area contributed by atoms with Crippen molar-refractivity contribution in [2.45, 2.75) is 28.8 Å². The summed E-state index contributed by atoms with van der Waals surface area (Å²) in [6.07, 6.45) is 1.42. The molecule has 60 valence electrons. The van der Waals surface area contributed by atoms with Gasteiger partial charge in [-0.25, -0.2) is 8.42 Å². The SMILES string of the molecule is O=[SH](=O)C1C(Cl)CCC1Cl. The van der Waals surface area contributed by atoms with Crippen molar-refractivity contribution < 1.29 is 8.42 Å². The first-order valence-electron chi connectivity index (χ1n) is 3.04. The fourth-order valence-corrected chi connectivity index (χ4v) is 3.21. The Morgan fingerprint density at radius 2 is 1.50 bits per heavy atom. The molecule has 2 atom stereocenters. The molecular weight excluding hydrogens is 195 g/mol. The van der Waals surface area contributed by atoms with E-state index in [1.807, 2.05) is 0 Å². The van der Waals surface area contributed by atoms with E-state index < -0.39 is 16.0 Å². The fourth-order valence-electron chi connectivity index (χ4n) is 1.15. The van der Waals surface area contributed by atoms with Crippen LogP contribution in [0.2, 0.25) is 0 Å². The van der Waals surface area contributed by atoms with Gasteiger partial charge in [-0.1, -0.05) is 0 Å². The first-order valence-corrected chi connectivity index (χ1v) is 5.16. The maximum absolute atomic E-state index is 10.5. The summed E-state index contributed by atoms with van der Waals surface area (Å²) in [6, 6.07) is 0. The van der Waals surface area contributed by atoms with Crippen LogP contribution in [0.4, 0.5) is 0 Å². The van der Waals surface area contributed by atoms with Gasteiger partial charge in [-0.05, 0) is 12.8 Å². The predicted octanol–water partition coefficient (Wildman–Crippen LogP) is 0.975. The smallest absolute Gasteiger partial charge is 0.145 e. The Kier molecular flexibility index (Phi) is 2.83. The average molecular weight is 203 g/mol. The van der Waals surface area contributed by atoms with E-state index in [1.54, 1.807) is 0 Å². The summed E-state index contributed by atoms with van der Waals surface area (Å²) >= 11 is 11.4. The fraction of sp³-hybridized carbons (Fsp3) is 1.00. The van der Waals surface area contributed by atoms with Gasteiger partial charge in [0.15, 0.2) is 0 Å². The summed E-state index contributed by atoms with van der Waals surface area (Å²) in [4.78, 5) is 0. The third-order valence-electron chi connectivity index (χ3n) is 1.70. The lowest BCUT2D eigenvalue weighted by Gasteiger charge is -2.07. The lowest BCUT2D eigenvalue weighted by molar-refractivity contribution is 0.601. The van der Waals surface area contributed by atoms with E-state index >= 15 is 0 Å². The molecule has 0 aromatic carbocycles. The predicted molar refractivity (Wildman–Crippen MR) is 42.6 cm³/mol. The zero-order chi connectivity index (χ0) is 7.72. The van der Waals surface area contributed by atoms with E-state index in [0.717, 1.165) is 0 Å². The van der Waals surface area contributed by atoms with Gasteiger partial charge >= 0.3 is 0 Å². The molecule has 0 aromatic heterocycles. The normalized spacial score (nSPS) is 40.9. The largest absolute Gasteiger partial charge is 0.231 e. The second-order valence-electron chi connectivity index (χ2n) is 2.39. The van der Waals surface area contributed by atoms with Gasteiger partial charge in [0.05, 0.1) is 16.0 Å². The molecule has 10 heavy (non-hydrogen) atoms. The summed E-state index contributed by atoms with van der Waals surface area (Å²) in [5.41, 5.74) is 0. The van der Waals surface area contributed by atoms with Crippen molar-refractivity contribution in [3.63, 3.8) is 0 Å². The van der Waals surface area contributed by atoms with E-state index in [4.69, 9.17) is 23.2 Å². The number of hydrogen-bond acceptors (Lipinski definition) is 2. The van der Waals surface area contributed by atoms with Crippen molar-refractivity contribution in [2.75, 3.05) is 0 Å². The minimum Gasteiger partial charge on any atom is -0.231 e. The Morgan fingerprint density at radius 3 is 1.70 bits per heavy atom. The molecule has 0 heterocycles. The van der Waals surface area contributed by atoms with Crippen LogP contribution in [0.5, 0.6) is 0 Å². The molecule has 0 aromatic rings. The molecule has 0 amide bonds. The van der Waals surface area contributed by atoms with Crippen LogP contribution in [-0.2, 0) is 10.7 Å². The minimum absolute atomic E-state index is 0.274. The molecule has 0 spiro atoms. The maximum atomic E-state index is 10.5. The Bertz CT molecular complexity index is 174. The van der Waals surface area contributed by atoms with E-state index in [1.165, 1.54) is 0 Å². The van der Waals surface area contributed by atoms with Crippen molar-refractivity contribution in [3.8, 4) is 0 Å². The topological polar surface area (TPSA) is 34.1 Å². The second kappa shape index (κ2) is 3.28. The average Bonchev–Trinajstić information content (AvgIpc) is 2.11. The Hall–Kier alpha value is 0.530. The zero-order valence-electron chi connectivity index (χ0n) is 5.17. The Labute approximate surface area is 71.5 Å². The lowest BCUT2D eigenvalue weighted by atomic mass is 10.4. The molecule has 5 heteroatoms. The van der Waals surface area contributed by atoms with E-state index in [-0.39, 0.29) is 10.8 Å². The van der Waals surface area contributed by atoms with Gasteiger partial charge in [0.2, 0.25) is 0 Å². The summed E-state index contributed by atoms with van der Waals surface area (Å²) in [5, 5.41) is -1.06. The lowest BCUT2D eigenvalue weighted by Crippen LogP contribution is -2.23. The molecule has 1 fully saturated rings. The minimum atomic E-state index is -2.44. The van der Waals surface area contributed by atoms with Crippen LogP contribution in [0.15, 0.2) is 0 Å². The van der Waals surface area contributed by atoms with Crippen molar-refractivity contribution in [2.24, 2.45) is 0 Å². The molecule has 0 bridgehead atoms. The van der Waals surface area contributed by atoms with E-state index in [9.17, 15) is 8.42 Å². The number of halogens is 2. The van der Waals surface area contributed by atoms with E-state index in [2.05, 4.69) is 0 Å². The second-order valence-corrected chi connectivity index (χ2v) is 4.67. The van der Waals surface area contributed by atoms with Crippen LogP contribution < -0.4 is 0 Å². The summed E-state index contributed by atoms with van der Waals surface area (Å²) in [5.74, 6) is 0. The molecule has 1 aliphatic rings. The van der Waals surface area contributed by atoms with Crippen LogP contribution in [0.25, 0.3) is 0 Å². The molecule has 2 nitrogen and oxygen atoms in total. The maximum Gasteiger partial charge on any atom is 0.145 e. The summed E-state index contributed by atoms with van der Waals surface area (Å²) < 4.78 is 21.0. The van der Waals surface area contributed by atoms with Crippen LogP contribution in [0.3, 0.4) is 0 Å². The highest BCUT2D eigenvalue weighted by atomic mass is 35.5. The number of rotatable bonds is 1. The van der Waals surface area contributed by atoms with Crippen LogP contribution >= 0.6 is 23.2 Å². The highest BCUT2D eigenvalue weighted by Gasteiger charge is 2.35. The molecule has 1 rings (SSSR count). The Balaban J connectivity index is 2.72. The molecule has 0 radical (unpaired) electrons. The first kappa shape index (κ1) is 8.62. The standard InChI is InChI=1S/C5H8Cl2O2S/c6-3-1-2-4(7)5(3)10(8)9/h3-5,10H,1-2H2. The van der Waals surface area contributed by atoms with Gasteiger partial charge in [0, 0.05) is 0 Å². The number of alkyl halides is 2. The quantitative estimate of drug-likeness (QED) is 0.509. The van der Waals surface area contributed by atoms with Gasteiger partial charge < -0.3 is 0 Å². The van der Waals surface area contributed by atoms with Gasteiger partial charge in [-0.2, -0.15) is 0 Å². The molecular formula is C5H8Cl2O2S. The number of hydrogen-bond donors (Lipinski definition) is 1. The molecule has 0 N–H and O–H groups in total. The molecule has 2 unspecified atom stereocenters. The third-order valence-corrected chi connectivity index (χ3v) is 4.24. The van der Waals surface area contributed by atoms with Crippen LogP contribution in [0.1, 0.15) is 12.8 Å². The molecule has 0 aliphatic heterocycles. The first-order chi connectivity index (χ1) is 4.63. The van der Waals surface area contributed by atoms with Crippen molar-refractivity contribution in [3.05, 3.63) is 0 Å². The van der Waals surface area contributed by atoms with Gasteiger partial charge in [-0.3, -0.25) is 0 Å². The van der Waals surface area contributed by atoms with E-state index in [0.29, 0.717) is 12.8 Å². The van der Waals surface area contributed by atoms with Gasteiger partial charge in [0.25, 0.3) is 0 Å². The molecule has 0 saturated heterocycles. The van der Waals surface area contributed by atoms with Crippen LogP contribution in [0, 0.1) is 0 Å². The highest BCUT2D eigenvalue weighted by Crippen LogP contribution is 2.30. The van der Waals surface area contributed by atoms with Crippen molar-refractivity contribution in [1.82, 2.24) is 0 Å².